The van der Waals surface area contributed by atoms with Crippen molar-refractivity contribution in [1.82, 2.24) is 4.90 Å². The third-order valence-corrected chi connectivity index (χ3v) is 5.71. The highest BCUT2D eigenvalue weighted by Gasteiger charge is 2.31. The van der Waals surface area contributed by atoms with E-state index in [1.54, 1.807) is 4.90 Å². The Bertz CT molecular complexity index is 664. The van der Waals surface area contributed by atoms with Crippen LogP contribution in [0.2, 0.25) is 0 Å². The van der Waals surface area contributed by atoms with Crippen LogP contribution in [0, 0.1) is 6.92 Å². The van der Waals surface area contributed by atoms with Gasteiger partial charge in [0.05, 0.1) is 10.9 Å². The van der Waals surface area contributed by atoms with Crippen LogP contribution in [0.4, 0.5) is 5.69 Å². The molecule has 2 aliphatic heterocycles. The summed E-state index contributed by atoms with van der Waals surface area (Å²) >= 11 is 1.39. The van der Waals surface area contributed by atoms with Crippen molar-refractivity contribution in [1.29, 1.82) is 0 Å². The van der Waals surface area contributed by atoms with E-state index in [-0.39, 0.29) is 23.6 Å². The summed E-state index contributed by atoms with van der Waals surface area (Å²) in [5.41, 5.74) is 1.96. The molecule has 0 spiro atoms. The van der Waals surface area contributed by atoms with Gasteiger partial charge in [-0.1, -0.05) is 42.3 Å². The Morgan fingerprint density at radius 3 is 2.40 bits per heavy atom. The van der Waals surface area contributed by atoms with Gasteiger partial charge in [-0.3, -0.25) is 19.5 Å². The van der Waals surface area contributed by atoms with E-state index in [4.69, 9.17) is 0 Å². The Morgan fingerprint density at radius 2 is 1.76 bits per heavy atom. The van der Waals surface area contributed by atoms with Crippen molar-refractivity contribution >= 4 is 34.4 Å². The molecule has 3 rings (SSSR count). The van der Waals surface area contributed by atoms with Crippen molar-refractivity contribution in [3.63, 3.8) is 0 Å². The van der Waals surface area contributed by atoms with E-state index in [9.17, 15) is 9.59 Å². The SMILES string of the molecule is Cc1ccc(N2C(=O)CN=C2S[C@H](C)C(=O)N2CCCCCC2)cc1. The Kier molecular flexibility index (Phi) is 5.78. The summed E-state index contributed by atoms with van der Waals surface area (Å²) in [7, 11) is 0. The smallest absolute Gasteiger partial charge is 0.254 e. The maximum atomic E-state index is 12.8. The van der Waals surface area contributed by atoms with Crippen molar-refractivity contribution < 1.29 is 9.59 Å². The number of hydrogen-bond acceptors (Lipinski definition) is 4. The number of carbonyl (C=O) groups is 2. The molecule has 0 aromatic heterocycles. The van der Waals surface area contributed by atoms with E-state index >= 15 is 0 Å². The molecule has 0 unspecified atom stereocenters. The van der Waals surface area contributed by atoms with E-state index in [2.05, 4.69) is 4.99 Å². The number of likely N-dealkylation sites (tertiary alicyclic amines) is 1. The molecule has 0 bridgehead atoms. The summed E-state index contributed by atoms with van der Waals surface area (Å²) in [6.07, 6.45) is 4.57. The highest BCUT2D eigenvalue weighted by atomic mass is 32.2. The molecular weight excluding hydrogens is 334 g/mol. The summed E-state index contributed by atoms with van der Waals surface area (Å²) in [6, 6.07) is 7.82. The van der Waals surface area contributed by atoms with E-state index in [1.807, 2.05) is 43.0 Å². The van der Waals surface area contributed by atoms with E-state index in [0.29, 0.717) is 5.17 Å². The number of nitrogens with zero attached hydrogens (tertiary/aromatic N) is 3. The van der Waals surface area contributed by atoms with E-state index in [1.165, 1.54) is 24.6 Å². The minimum Gasteiger partial charge on any atom is -0.342 e. The molecule has 1 fully saturated rings. The number of thioether (sulfide) groups is 1. The molecule has 0 N–H and O–H groups in total. The zero-order chi connectivity index (χ0) is 17.8. The molecule has 25 heavy (non-hydrogen) atoms. The van der Waals surface area contributed by atoms with Crippen LogP contribution >= 0.6 is 11.8 Å². The van der Waals surface area contributed by atoms with Crippen LogP contribution in [0.1, 0.15) is 38.2 Å². The Labute approximate surface area is 153 Å². The molecule has 5 nitrogen and oxygen atoms in total. The minimum absolute atomic E-state index is 0.0409. The van der Waals surface area contributed by atoms with Gasteiger partial charge in [0.25, 0.3) is 5.91 Å². The van der Waals surface area contributed by atoms with Crippen LogP contribution in [0.3, 0.4) is 0 Å². The number of carbonyl (C=O) groups excluding carboxylic acids is 2. The van der Waals surface area contributed by atoms with Gasteiger partial charge < -0.3 is 4.90 Å². The highest BCUT2D eigenvalue weighted by Crippen LogP contribution is 2.27. The zero-order valence-corrected chi connectivity index (χ0v) is 15.7. The van der Waals surface area contributed by atoms with E-state index in [0.717, 1.165) is 37.2 Å². The second-order valence-corrected chi connectivity index (χ2v) is 7.97. The van der Waals surface area contributed by atoms with Gasteiger partial charge in [0.15, 0.2) is 5.17 Å². The second-order valence-electron chi connectivity index (χ2n) is 6.66. The lowest BCUT2D eigenvalue weighted by Gasteiger charge is -2.25. The molecule has 1 atom stereocenters. The first-order chi connectivity index (χ1) is 12.1. The van der Waals surface area contributed by atoms with Gasteiger partial charge in [-0.05, 0) is 38.8 Å². The first kappa shape index (κ1) is 18.0. The normalized spacial score (nSPS) is 19.6. The molecule has 2 aliphatic rings. The third-order valence-electron chi connectivity index (χ3n) is 4.63. The molecule has 1 aromatic rings. The number of aliphatic imine (C=N–C) groups is 1. The second kappa shape index (κ2) is 8.04. The van der Waals surface area contributed by atoms with Crippen LogP contribution in [-0.2, 0) is 9.59 Å². The fourth-order valence-corrected chi connectivity index (χ4v) is 4.20. The van der Waals surface area contributed by atoms with Gasteiger partial charge in [0, 0.05) is 13.1 Å². The lowest BCUT2D eigenvalue weighted by molar-refractivity contribution is -0.130. The van der Waals surface area contributed by atoms with Crippen molar-refractivity contribution in [2.75, 3.05) is 24.5 Å². The van der Waals surface area contributed by atoms with Crippen LogP contribution in [0.5, 0.6) is 0 Å². The Hall–Kier alpha value is -1.82. The number of amides is 2. The quantitative estimate of drug-likeness (QED) is 0.833. The Balaban J connectivity index is 1.68. The number of rotatable bonds is 3. The standard InChI is InChI=1S/C19H25N3O2S/c1-14-7-9-16(10-8-14)22-17(23)13-20-19(22)25-15(2)18(24)21-11-5-3-4-6-12-21/h7-10,15H,3-6,11-13H2,1-2H3/t15-/m1/s1. The largest absolute Gasteiger partial charge is 0.342 e. The number of amidine groups is 1. The number of aryl methyl sites for hydroxylation is 1. The van der Waals surface area contributed by atoms with Gasteiger partial charge in [0.2, 0.25) is 5.91 Å². The molecule has 2 amide bonds. The van der Waals surface area contributed by atoms with Crippen molar-refractivity contribution in [3.8, 4) is 0 Å². The number of hydrogen-bond donors (Lipinski definition) is 0. The predicted octanol–water partition coefficient (Wildman–Crippen LogP) is 3.22. The minimum atomic E-state index is -0.240. The maximum absolute atomic E-state index is 12.8. The molecule has 1 aromatic carbocycles. The van der Waals surface area contributed by atoms with Crippen LogP contribution in [0.15, 0.2) is 29.3 Å². The van der Waals surface area contributed by atoms with Gasteiger partial charge in [-0.25, -0.2) is 0 Å². The molecule has 0 saturated carbocycles. The average molecular weight is 359 g/mol. The average Bonchev–Trinajstić information content (AvgIpc) is 2.81. The first-order valence-corrected chi connectivity index (χ1v) is 9.84. The van der Waals surface area contributed by atoms with Crippen LogP contribution < -0.4 is 4.90 Å². The fraction of sp³-hybridized carbons (Fsp3) is 0.526. The zero-order valence-electron chi connectivity index (χ0n) is 14.9. The van der Waals surface area contributed by atoms with Gasteiger partial charge in [-0.15, -0.1) is 0 Å². The molecule has 6 heteroatoms. The Morgan fingerprint density at radius 1 is 1.12 bits per heavy atom. The molecular formula is C19H25N3O2S. The predicted molar refractivity (Wildman–Crippen MR) is 103 cm³/mol. The van der Waals surface area contributed by atoms with Crippen molar-refractivity contribution in [2.45, 2.75) is 44.8 Å². The summed E-state index contributed by atoms with van der Waals surface area (Å²) in [4.78, 5) is 33.0. The van der Waals surface area contributed by atoms with Gasteiger partial charge in [-0.2, -0.15) is 0 Å². The monoisotopic (exact) mass is 359 g/mol. The summed E-state index contributed by atoms with van der Waals surface area (Å²) in [5.74, 6) is 0.110. The topological polar surface area (TPSA) is 53.0 Å². The molecule has 134 valence electrons. The highest BCUT2D eigenvalue weighted by molar-refractivity contribution is 8.15. The lowest BCUT2D eigenvalue weighted by Crippen LogP contribution is -2.39. The number of benzene rings is 1. The third kappa shape index (κ3) is 4.24. The fourth-order valence-electron chi connectivity index (χ4n) is 3.18. The van der Waals surface area contributed by atoms with E-state index < -0.39 is 0 Å². The van der Waals surface area contributed by atoms with Gasteiger partial charge in [0.1, 0.15) is 6.54 Å². The summed E-state index contributed by atoms with van der Waals surface area (Å²) in [5, 5.41) is 0.389. The molecule has 0 radical (unpaired) electrons. The van der Waals surface area contributed by atoms with Crippen LogP contribution in [-0.4, -0.2) is 46.8 Å². The van der Waals surface area contributed by atoms with Crippen LogP contribution in [0.25, 0.3) is 0 Å². The summed E-state index contributed by atoms with van der Waals surface area (Å²) < 4.78 is 0. The molecule has 2 heterocycles. The first-order valence-electron chi connectivity index (χ1n) is 8.96. The summed E-state index contributed by atoms with van der Waals surface area (Å²) in [6.45, 7) is 5.77. The van der Waals surface area contributed by atoms with Gasteiger partial charge >= 0.3 is 0 Å². The number of anilines is 1. The van der Waals surface area contributed by atoms with Crippen molar-refractivity contribution in [2.24, 2.45) is 4.99 Å². The lowest BCUT2D eigenvalue weighted by atomic mass is 10.2. The van der Waals surface area contributed by atoms with Crippen molar-refractivity contribution in [3.05, 3.63) is 29.8 Å². The molecule has 0 aliphatic carbocycles. The maximum Gasteiger partial charge on any atom is 0.254 e. The molecule has 1 saturated heterocycles.